The largest absolute Gasteiger partial charge is 0.391 e. The van der Waals surface area contributed by atoms with Crippen LogP contribution >= 0.6 is 0 Å². The number of β-amino-alcohol motifs (C(OH)–C–C–N with tert-alkyl or cyclic N) is 1. The SMILES string of the molecule is CCC(C)NC(=O)c1cn(-c2ccc(F)cc2F)c2nc(N3C[C@@H](O)CC3=O)ccc2c1=O.FC(F)F. The molecule has 0 radical (unpaired) electrons. The Kier molecular flexibility index (Phi) is 8.58. The summed E-state index contributed by atoms with van der Waals surface area (Å²) in [5, 5.41) is 12.5. The molecule has 0 saturated carbocycles. The van der Waals surface area contributed by atoms with E-state index in [1.54, 1.807) is 6.92 Å². The summed E-state index contributed by atoms with van der Waals surface area (Å²) in [6, 6.07) is 5.53. The number of aliphatic hydroxyl groups excluding tert-OH is 1. The monoisotopic (exact) mass is 526 g/mol. The number of anilines is 1. The Bertz CT molecular complexity index is 1380. The molecular formula is C24H23F5N4O4. The minimum atomic E-state index is -3.67. The molecule has 1 fully saturated rings. The first-order valence-electron chi connectivity index (χ1n) is 11.2. The lowest BCUT2D eigenvalue weighted by atomic mass is 10.1. The van der Waals surface area contributed by atoms with E-state index < -0.39 is 35.8 Å². The van der Waals surface area contributed by atoms with E-state index in [4.69, 9.17) is 0 Å². The summed E-state index contributed by atoms with van der Waals surface area (Å²) in [7, 11) is 0. The maximum atomic E-state index is 14.7. The van der Waals surface area contributed by atoms with Crippen molar-refractivity contribution in [3.63, 3.8) is 0 Å². The number of hydrogen-bond donors (Lipinski definition) is 2. The summed E-state index contributed by atoms with van der Waals surface area (Å²) in [5.41, 5.74) is -0.987. The highest BCUT2D eigenvalue weighted by molar-refractivity contribution is 5.99. The van der Waals surface area contributed by atoms with Gasteiger partial charge in [-0.25, -0.2) is 13.8 Å². The number of aromatic nitrogens is 2. The standard InChI is InChI=1S/C23H22F2N4O4.CHF3/c1-3-12(2)26-23(33)16-11-28(18-6-4-13(24)8-17(18)25)22-15(21(16)32)5-7-19(27-22)29-10-14(30)9-20(29)31;2-1(3)4/h4-8,11-12,14,30H,3,9-10H2,1-2H3,(H,26,33);1H/t12?,14-;/m0./s1. The number of alkyl halides is 3. The molecule has 2 atom stereocenters. The van der Waals surface area contributed by atoms with Crippen LogP contribution in [0, 0.1) is 11.6 Å². The molecule has 2 aromatic heterocycles. The molecule has 37 heavy (non-hydrogen) atoms. The van der Waals surface area contributed by atoms with Crippen molar-refractivity contribution in [1.29, 1.82) is 0 Å². The first-order chi connectivity index (χ1) is 17.4. The molecule has 2 N–H and O–H groups in total. The van der Waals surface area contributed by atoms with Crippen molar-refractivity contribution in [2.75, 3.05) is 11.4 Å². The fourth-order valence-corrected chi connectivity index (χ4v) is 3.68. The predicted molar refractivity (Wildman–Crippen MR) is 125 cm³/mol. The van der Waals surface area contributed by atoms with Gasteiger partial charge in [-0.1, -0.05) is 6.92 Å². The van der Waals surface area contributed by atoms with Crippen LogP contribution in [0.25, 0.3) is 16.7 Å². The number of carbonyl (C=O) groups is 2. The van der Waals surface area contributed by atoms with Crippen LogP contribution in [0.5, 0.6) is 0 Å². The first kappa shape index (κ1) is 27.7. The van der Waals surface area contributed by atoms with Gasteiger partial charge in [0.05, 0.1) is 30.1 Å². The number of nitrogens with one attached hydrogen (secondary N) is 1. The van der Waals surface area contributed by atoms with Crippen LogP contribution in [0.15, 0.2) is 41.3 Å². The van der Waals surface area contributed by atoms with Gasteiger partial charge in [0, 0.05) is 18.3 Å². The molecule has 13 heteroatoms. The summed E-state index contributed by atoms with van der Waals surface area (Å²) in [6.45, 7) is 0.0217. The molecule has 1 aliphatic heterocycles. The maximum absolute atomic E-state index is 14.7. The van der Waals surface area contributed by atoms with Crippen molar-refractivity contribution in [2.24, 2.45) is 0 Å². The number of amides is 2. The number of benzene rings is 1. The van der Waals surface area contributed by atoms with Crippen LogP contribution in [0.2, 0.25) is 0 Å². The lowest BCUT2D eigenvalue weighted by molar-refractivity contribution is -0.117. The third kappa shape index (κ3) is 6.28. The Morgan fingerprint density at radius 3 is 2.43 bits per heavy atom. The van der Waals surface area contributed by atoms with E-state index in [1.165, 1.54) is 27.7 Å². The van der Waals surface area contributed by atoms with Gasteiger partial charge >= 0.3 is 6.68 Å². The zero-order valence-corrected chi connectivity index (χ0v) is 19.7. The Morgan fingerprint density at radius 2 is 1.86 bits per heavy atom. The summed E-state index contributed by atoms with van der Waals surface area (Å²) in [4.78, 5) is 43.8. The molecule has 3 heterocycles. The summed E-state index contributed by atoms with van der Waals surface area (Å²) < 4.78 is 58.4. The third-order valence-electron chi connectivity index (χ3n) is 5.62. The van der Waals surface area contributed by atoms with Gasteiger partial charge < -0.3 is 10.4 Å². The Hall–Kier alpha value is -3.87. The lowest BCUT2D eigenvalue weighted by Crippen LogP contribution is -2.35. The highest BCUT2D eigenvalue weighted by Crippen LogP contribution is 2.25. The Balaban J connectivity index is 0.000000886. The Morgan fingerprint density at radius 1 is 1.19 bits per heavy atom. The highest BCUT2D eigenvalue weighted by atomic mass is 19.4. The van der Waals surface area contributed by atoms with E-state index in [-0.39, 0.29) is 53.0 Å². The minimum absolute atomic E-state index is 0.0164. The first-order valence-corrected chi connectivity index (χ1v) is 11.2. The van der Waals surface area contributed by atoms with E-state index >= 15 is 0 Å². The van der Waals surface area contributed by atoms with Crippen molar-refractivity contribution in [3.8, 4) is 5.69 Å². The second kappa shape index (κ2) is 11.5. The summed E-state index contributed by atoms with van der Waals surface area (Å²) >= 11 is 0. The molecule has 0 aliphatic carbocycles. The molecular weight excluding hydrogens is 503 g/mol. The zero-order valence-electron chi connectivity index (χ0n) is 19.7. The van der Waals surface area contributed by atoms with E-state index in [9.17, 15) is 41.4 Å². The molecule has 4 rings (SSSR count). The molecule has 0 spiro atoms. The van der Waals surface area contributed by atoms with Gasteiger partial charge in [0.1, 0.15) is 23.0 Å². The van der Waals surface area contributed by atoms with Crippen molar-refractivity contribution in [2.45, 2.75) is 45.5 Å². The zero-order chi connectivity index (χ0) is 27.4. The van der Waals surface area contributed by atoms with E-state index in [1.807, 2.05) is 6.92 Å². The van der Waals surface area contributed by atoms with Crippen molar-refractivity contribution < 1.29 is 36.6 Å². The van der Waals surface area contributed by atoms with Gasteiger partial charge in [-0.2, -0.15) is 13.2 Å². The van der Waals surface area contributed by atoms with Crippen LogP contribution in [-0.4, -0.2) is 51.8 Å². The number of rotatable bonds is 5. The van der Waals surface area contributed by atoms with Gasteiger partial charge in [0.25, 0.3) is 5.91 Å². The number of pyridine rings is 2. The fraction of sp³-hybridized carbons (Fsp3) is 0.333. The number of hydrogen-bond acceptors (Lipinski definition) is 5. The lowest BCUT2D eigenvalue weighted by Gasteiger charge is -2.18. The van der Waals surface area contributed by atoms with Crippen LogP contribution in [0.3, 0.4) is 0 Å². The number of fused-ring (bicyclic) bond motifs is 1. The fourth-order valence-electron chi connectivity index (χ4n) is 3.68. The molecule has 1 unspecified atom stereocenters. The van der Waals surface area contributed by atoms with Gasteiger partial charge in [-0.05, 0) is 37.6 Å². The molecule has 1 aromatic carbocycles. The van der Waals surface area contributed by atoms with E-state index in [0.29, 0.717) is 12.5 Å². The molecule has 198 valence electrons. The average molecular weight is 526 g/mol. The van der Waals surface area contributed by atoms with Crippen molar-refractivity contribution >= 4 is 28.7 Å². The topological polar surface area (TPSA) is 105 Å². The molecule has 8 nitrogen and oxygen atoms in total. The molecule has 3 aromatic rings. The number of carbonyl (C=O) groups excluding carboxylic acids is 2. The molecule has 1 saturated heterocycles. The second-order valence-electron chi connectivity index (χ2n) is 8.27. The highest BCUT2D eigenvalue weighted by Gasteiger charge is 2.30. The van der Waals surface area contributed by atoms with Crippen LogP contribution in [0.4, 0.5) is 27.8 Å². The Labute approximate surface area is 207 Å². The van der Waals surface area contributed by atoms with Crippen molar-refractivity contribution in [1.82, 2.24) is 14.9 Å². The third-order valence-corrected chi connectivity index (χ3v) is 5.62. The van der Waals surface area contributed by atoms with Crippen LogP contribution in [0.1, 0.15) is 37.0 Å². The molecule has 0 bridgehead atoms. The predicted octanol–water partition coefficient (Wildman–Crippen LogP) is 3.47. The number of aliphatic hydroxyl groups is 1. The second-order valence-corrected chi connectivity index (χ2v) is 8.27. The van der Waals surface area contributed by atoms with Crippen LogP contribution < -0.4 is 15.6 Å². The minimum Gasteiger partial charge on any atom is -0.391 e. The summed E-state index contributed by atoms with van der Waals surface area (Å²) in [6.07, 6.45) is 0.892. The smallest absolute Gasteiger partial charge is 0.379 e. The maximum Gasteiger partial charge on any atom is 0.379 e. The van der Waals surface area contributed by atoms with Gasteiger partial charge in [-0.3, -0.25) is 23.9 Å². The summed E-state index contributed by atoms with van der Waals surface area (Å²) in [5.74, 6) is -2.53. The van der Waals surface area contributed by atoms with E-state index in [2.05, 4.69) is 10.3 Å². The normalized spacial score (nSPS) is 16.1. The van der Waals surface area contributed by atoms with Gasteiger partial charge in [0.2, 0.25) is 11.3 Å². The quantitative estimate of drug-likeness (QED) is 0.496. The average Bonchev–Trinajstić information content (AvgIpc) is 3.16. The molecule has 1 aliphatic rings. The number of halogens is 5. The molecule has 2 amide bonds. The van der Waals surface area contributed by atoms with Gasteiger partial charge in [0.15, 0.2) is 5.65 Å². The van der Waals surface area contributed by atoms with Gasteiger partial charge in [-0.15, -0.1) is 0 Å². The number of nitrogens with zero attached hydrogens (tertiary/aromatic N) is 3. The van der Waals surface area contributed by atoms with Crippen molar-refractivity contribution in [3.05, 3.63) is 63.9 Å². The van der Waals surface area contributed by atoms with Crippen LogP contribution in [-0.2, 0) is 4.79 Å². The van der Waals surface area contributed by atoms with E-state index in [0.717, 1.165) is 12.3 Å².